The molecule has 25 heavy (non-hydrogen) atoms. The van der Waals surface area contributed by atoms with Gasteiger partial charge in [0, 0.05) is 22.2 Å². The van der Waals surface area contributed by atoms with Gasteiger partial charge in [0.1, 0.15) is 11.4 Å². The van der Waals surface area contributed by atoms with Crippen molar-refractivity contribution < 1.29 is 14.3 Å². The van der Waals surface area contributed by atoms with Crippen LogP contribution in [-0.2, 0) is 0 Å². The number of aryl methyl sites for hydroxylation is 1. The molecule has 4 rings (SSSR count). The molecule has 0 aliphatic heterocycles. The van der Waals surface area contributed by atoms with Crippen molar-refractivity contribution in [1.82, 2.24) is 9.97 Å². The lowest BCUT2D eigenvalue weighted by atomic mass is 10.1. The van der Waals surface area contributed by atoms with E-state index in [9.17, 15) is 9.90 Å². The van der Waals surface area contributed by atoms with Crippen LogP contribution in [0.3, 0.4) is 0 Å². The van der Waals surface area contributed by atoms with Crippen molar-refractivity contribution in [1.29, 1.82) is 0 Å². The van der Waals surface area contributed by atoms with Crippen molar-refractivity contribution in [2.45, 2.75) is 6.92 Å². The number of anilines is 1. The summed E-state index contributed by atoms with van der Waals surface area (Å²) >= 11 is 0. The van der Waals surface area contributed by atoms with Crippen molar-refractivity contribution in [2.24, 2.45) is 0 Å². The van der Waals surface area contributed by atoms with Crippen LogP contribution in [0.2, 0.25) is 0 Å². The lowest BCUT2D eigenvalue weighted by molar-refractivity contribution is 0.102. The maximum atomic E-state index is 12.5. The summed E-state index contributed by atoms with van der Waals surface area (Å²) in [5, 5.41) is 13.2. The van der Waals surface area contributed by atoms with E-state index in [2.05, 4.69) is 15.3 Å². The monoisotopic (exact) mass is 333 g/mol. The maximum Gasteiger partial charge on any atom is 0.272 e. The SMILES string of the molecule is Cc1cc(NC(=O)c2cc3cc(O)ccc3[nH]2)ccc1-c1cnco1. The molecule has 6 nitrogen and oxygen atoms in total. The molecule has 2 heterocycles. The third kappa shape index (κ3) is 2.85. The molecule has 6 heteroatoms. The van der Waals surface area contributed by atoms with E-state index in [4.69, 9.17) is 4.42 Å². The number of carbonyl (C=O) groups is 1. The first kappa shape index (κ1) is 15.0. The zero-order valence-corrected chi connectivity index (χ0v) is 13.4. The number of phenolic OH excluding ortho intramolecular Hbond substituents is 1. The number of hydrogen-bond donors (Lipinski definition) is 3. The van der Waals surface area contributed by atoms with Gasteiger partial charge < -0.3 is 19.8 Å². The molecule has 0 saturated heterocycles. The van der Waals surface area contributed by atoms with Gasteiger partial charge in [0.05, 0.1) is 6.20 Å². The van der Waals surface area contributed by atoms with Gasteiger partial charge in [-0.2, -0.15) is 0 Å². The van der Waals surface area contributed by atoms with E-state index in [1.807, 2.05) is 25.1 Å². The Balaban J connectivity index is 1.58. The average Bonchev–Trinajstić information content (AvgIpc) is 3.23. The molecule has 124 valence electrons. The number of carbonyl (C=O) groups excluding carboxylic acids is 1. The topological polar surface area (TPSA) is 91.2 Å². The van der Waals surface area contributed by atoms with Crippen LogP contribution in [0.25, 0.3) is 22.2 Å². The van der Waals surface area contributed by atoms with E-state index in [0.717, 1.165) is 22.0 Å². The minimum atomic E-state index is -0.248. The van der Waals surface area contributed by atoms with E-state index in [0.29, 0.717) is 17.1 Å². The van der Waals surface area contributed by atoms with Gasteiger partial charge in [-0.25, -0.2) is 4.98 Å². The van der Waals surface area contributed by atoms with E-state index in [-0.39, 0.29) is 11.7 Å². The van der Waals surface area contributed by atoms with Gasteiger partial charge >= 0.3 is 0 Å². The van der Waals surface area contributed by atoms with Gasteiger partial charge in [0.2, 0.25) is 0 Å². The lowest BCUT2D eigenvalue weighted by Gasteiger charge is -2.07. The Hall–Kier alpha value is -3.54. The number of nitrogens with one attached hydrogen (secondary N) is 2. The smallest absolute Gasteiger partial charge is 0.272 e. The van der Waals surface area contributed by atoms with Crippen LogP contribution in [-0.4, -0.2) is 21.0 Å². The number of nitrogens with zero attached hydrogens (tertiary/aromatic N) is 1. The van der Waals surface area contributed by atoms with Crippen LogP contribution < -0.4 is 5.32 Å². The number of benzene rings is 2. The summed E-state index contributed by atoms with van der Waals surface area (Å²) in [5.41, 5.74) is 3.80. The molecule has 3 N–H and O–H groups in total. The first-order valence-corrected chi connectivity index (χ1v) is 7.73. The van der Waals surface area contributed by atoms with Gasteiger partial charge in [-0.05, 0) is 55.0 Å². The van der Waals surface area contributed by atoms with Crippen molar-refractivity contribution in [3.63, 3.8) is 0 Å². The summed E-state index contributed by atoms with van der Waals surface area (Å²) in [6, 6.07) is 12.2. The first-order valence-electron chi connectivity index (χ1n) is 7.73. The number of phenols is 1. The van der Waals surface area contributed by atoms with Crippen LogP contribution in [0.1, 0.15) is 16.1 Å². The molecule has 0 bridgehead atoms. The number of amides is 1. The van der Waals surface area contributed by atoms with E-state index < -0.39 is 0 Å². The molecule has 0 fully saturated rings. The Kier molecular flexibility index (Phi) is 3.50. The minimum Gasteiger partial charge on any atom is -0.508 e. The zero-order valence-electron chi connectivity index (χ0n) is 13.4. The molecule has 4 aromatic rings. The molecule has 0 radical (unpaired) electrons. The number of aromatic amines is 1. The Morgan fingerprint density at radius 1 is 1.20 bits per heavy atom. The number of hydrogen-bond acceptors (Lipinski definition) is 4. The Morgan fingerprint density at radius 3 is 2.84 bits per heavy atom. The predicted molar refractivity (Wildman–Crippen MR) is 94.6 cm³/mol. The van der Waals surface area contributed by atoms with E-state index in [1.165, 1.54) is 6.39 Å². The van der Waals surface area contributed by atoms with Gasteiger partial charge in [-0.15, -0.1) is 0 Å². The van der Waals surface area contributed by atoms with Crippen LogP contribution in [0.15, 0.2) is 59.5 Å². The number of oxazole rings is 1. The fourth-order valence-corrected chi connectivity index (χ4v) is 2.81. The van der Waals surface area contributed by atoms with Crippen molar-refractivity contribution in [2.75, 3.05) is 5.32 Å². The average molecular weight is 333 g/mol. The Morgan fingerprint density at radius 2 is 2.08 bits per heavy atom. The Labute approximate surface area is 143 Å². The number of fused-ring (bicyclic) bond motifs is 1. The molecular formula is C19H15N3O3. The highest BCUT2D eigenvalue weighted by Crippen LogP contribution is 2.26. The van der Waals surface area contributed by atoms with Crippen molar-refractivity contribution in [3.8, 4) is 17.1 Å². The largest absolute Gasteiger partial charge is 0.508 e. The molecular weight excluding hydrogens is 318 g/mol. The second-order valence-electron chi connectivity index (χ2n) is 5.80. The molecule has 0 aliphatic carbocycles. The zero-order chi connectivity index (χ0) is 17.4. The Bertz CT molecular complexity index is 1060. The second-order valence-corrected chi connectivity index (χ2v) is 5.80. The highest BCUT2D eigenvalue weighted by Gasteiger charge is 2.12. The summed E-state index contributed by atoms with van der Waals surface area (Å²) in [7, 11) is 0. The number of aromatic hydroxyl groups is 1. The quantitative estimate of drug-likeness (QED) is 0.526. The second kappa shape index (κ2) is 5.83. The van der Waals surface area contributed by atoms with Gasteiger partial charge in [-0.3, -0.25) is 4.79 Å². The fourth-order valence-electron chi connectivity index (χ4n) is 2.81. The fraction of sp³-hybridized carbons (Fsp3) is 0.0526. The molecule has 2 aromatic carbocycles. The third-order valence-corrected chi connectivity index (χ3v) is 4.03. The van der Waals surface area contributed by atoms with Gasteiger partial charge in [0.25, 0.3) is 5.91 Å². The number of aromatic nitrogens is 2. The van der Waals surface area contributed by atoms with Crippen molar-refractivity contribution in [3.05, 3.63) is 66.3 Å². The number of H-pyrrole nitrogens is 1. The molecule has 0 aliphatic rings. The third-order valence-electron chi connectivity index (χ3n) is 4.03. The van der Waals surface area contributed by atoms with Crippen LogP contribution >= 0.6 is 0 Å². The standard InChI is InChI=1S/C19H15N3O3/c1-11-6-13(2-4-15(11)18-9-20-10-25-18)21-19(24)17-8-12-7-14(23)3-5-16(12)22-17/h2-10,22-23H,1H3,(H,21,24). The summed E-state index contributed by atoms with van der Waals surface area (Å²) in [5.74, 6) is 0.602. The van der Waals surface area contributed by atoms with Crippen LogP contribution in [0, 0.1) is 6.92 Å². The molecule has 0 unspecified atom stereocenters. The minimum absolute atomic E-state index is 0.164. The van der Waals surface area contributed by atoms with Crippen molar-refractivity contribution >= 4 is 22.5 Å². The highest BCUT2D eigenvalue weighted by atomic mass is 16.3. The highest BCUT2D eigenvalue weighted by molar-refractivity contribution is 6.06. The summed E-state index contributed by atoms with van der Waals surface area (Å²) in [6.45, 7) is 1.94. The van der Waals surface area contributed by atoms with Crippen LogP contribution in [0.5, 0.6) is 5.75 Å². The lowest BCUT2D eigenvalue weighted by Crippen LogP contribution is -2.12. The van der Waals surface area contributed by atoms with Crippen LogP contribution in [0.4, 0.5) is 5.69 Å². The molecule has 0 atom stereocenters. The maximum absolute atomic E-state index is 12.5. The number of rotatable bonds is 3. The molecule has 2 aromatic heterocycles. The molecule has 0 spiro atoms. The molecule has 1 amide bonds. The normalized spacial score (nSPS) is 10.9. The first-order chi connectivity index (χ1) is 12.1. The van der Waals surface area contributed by atoms with E-state index in [1.54, 1.807) is 30.5 Å². The summed E-state index contributed by atoms with van der Waals surface area (Å²) < 4.78 is 5.31. The summed E-state index contributed by atoms with van der Waals surface area (Å²) in [6.07, 6.45) is 3.04. The van der Waals surface area contributed by atoms with Gasteiger partial charge in [-0.1, -0.05) is 0 Å². The molecule has 0 saturated carbocycles. The van der Waals surface area contributed by atoms with E-state index >= 15 is 0 Å². The predicted octanol–water partition coefficient (Wildman–Crippen LogP) is 4.09. The summed E-state index contributed by atoms with van der Waals surface area (Å²) in [4.78, 5) is 19.4. The van der Waals surface area contributed by atoms with Gasteiger partial charge in [0.15, 0.2) is 12.2 Å².